The number of esters is 1. The lowest BCUT2D eigenvalue weighted by atomic mass is 10.3. The summed E-state index contributed by atoms with van der Waals surface area (Å²) in [4.78, 5) is 10.2. The highest BCUT2D eigenvalue weighted by atomic mass is 32.2. The van der Waals surface area contributed by atoms with E-state index in [0.29, 0.717) is 0 Å². The number of thioether (sulfide) groups is 1. The number of thiol groups is 1. The molecule has 0 aromatic heterocycles. The van der Waals surface area contributed by atoms with Crippen molar-refractivity contribution in [1.29, 1.82) is 0 Å². The van der Waals surface area contributed by atoms with Gasteiger partial charge in [0.1, 0.15) is 4.93 Å². The van der Waals surface area contributed by atoms with Crippen LogP contribution in [0.2, 0.25) is 0 Å². The standard InChI is InChI=1S/C13H26O3S2/c1-8-13(7,16-11(4)14)18-12(5,6)15-9(2)10(3)17/h9-10,17H,8H2,1-7H3. The van der Waals surface area contributed by atoms with E-state index in [0.717, 1.165) is 6.42 Å². The average Bonchev–Trinajstić information content (AvgIpc) is 2.14. The van der Waals surface area contributed by atoms with Gasteiger partial charge in [-0.15, -0.1) is 0 Å². The largest absolute Gasteiger partial charge is 0.448 e. The molecule has 0 N–H and O–H groups in total. The lowest BCUT2D eigenvalue weighted by Crippen LogP contribution is -2.37. The molecule has 0 aliphatic rings. The summed E-state index contributed by atoms with van der Waals surface area (Å²) < 4.78 is 11.4. The second-order valence-corrected chi connectivity index (χ2v) is 8.01. The Morgan fingerprint density at radius 1 is 1.33 bits per heavy atom. The average molecular weight is 294 g/mol. The van der Waals surface area contributed by atoms with Crippen molar-refractivity contribution in [3.8, 4) is 0 Å². The Hall–Kier alpha value is 0.130. The van der Waals surface area contributed by atoms with Crippen molar-refractivity contribution in [3.63, 3.8) is 0 Å². The van der Waals surface area contributed by atoms with E-state index < -0.39 is 9.87 Å². The number of hydrogen-bond acceptors (Lipinski definition) is 5. The van der Waals surface area contributed by atoms with Crippen molar-refractivity contribution in [1.82, 2.24) is 0 Å². The van der Waals surface area contributed by atoms with Gasteiger partial charge in [-0.1, -0.05) is 25.6 Å². The molecule has 0 amide bonds. The van der Waals surface area contributed by atoms with Gasteiger partial charge in [0.15, 0.2) is 4.93 Å². The van der Waals surface area contributed by atoms with Crippen molar-refractivity contribution in [2.24, 2.45) is 0 Å². The molecule has 0 heterocycles. The molecule has 0 radical (unpaired) electrons. The van der Waals surface area contributed by atoms with E-state index in [1.807, 2.05) is 41.5 Å². The van der Waals surface area contributed by atoms with Crippen molar-refractivity contribution in [3.05, 3.63) is 0 Å². The van der Waals surface area contributed by atoms with Crippen LogP contribution in [-0.4, -0.2) is 27.2 Å². The molecule has 0 saturated carbocycles. The Labute approximate surface area is 121 Å². The first kappa shape index (κ1) is 18.1. The molecule has 3 atom stereocenters. The molecule has 0 rings (SSSR count). The zero-order valence-corrected chi connectivity index (χ0v) is 14.2. The van der Waals surface area contributed by atoms with Crippen molar-refractivity contribution >= 4 is 30.4 Å². The number of rotatable bonds is 7. The summed E-state index contributed by atoms with van der Waals surface area (Å²) in [6.07, 6.45) is 0.767. The molecule has 108 valence electrons. The van der Waals surface area contributed by atoms with E-state index in [4.69, 9.17) is 9.47 Å². The fourth-order valence-corrected chi connectivity index (χ4v) is 3.16. The van der Waals surface area contributed by atoms with Crippen LogP contribution in [0.1, 0.15) is 54.9 Å². The molecule has 18 heavy (non-hydrogen) atoms. The lowest BCUT2D eigenvalue weighted by molar-refractivity contribution is -0.148. The summed E-state index contributed by atoms with van der Waals surface area (Å²) in [7, 11) is 0. The van der Waals surface area contributed by atoms with Crippen LogP contribution < -0.4 is 0 Å². The number of hydrogen-bond donors (Lipinski definition) is 1. The first-order chi connectivity index (χ1) is 8.01. The van der Waals surface area contributed by atoms with Gasteiger partial charge in [-0.2, -0.15) is 12.6 Å². The maximum atomic E-state index is 11.1. The summed E-state index contributed by atoms with van der Waals surface area (Å²) >= 11 is 5.90. The summed E-state index contributed by atoms with van der Waals surface area (Å²) in [5.41, 5.74) is 0. The third kappa shape index (κ3) is 6.90. The number of ether oxygens (including phenoxy) is 2. The molecule has 0 aliphatic carbocycles. The van der Waals surface area contributed by atoms with Gasteiger partial charge in [-0.05, 0) is 34.1 Å². The second-order valence-electron chi connectivity index (χ2n) is 5.15. The Balaban J connectivity index is 4.66. The zero-order chi connectivity index (χ0) is 14.6. The molecule has 0 aromatic rings. The maximum absolute atomic E-state index is 11.1. The Bertz CT molecular complexity index is 279. The maximum Gasteiger partial charge on any atom is 0.304 e. The fraction of sp³-hybridized carbons (Fsp3) is 0.923. The highest BCUT2D eigenvalue weighted by Gasteiger charge is 2.36. The Morgan fingerprint density at radius 3 is 2.17 bits per heavy atom. The van der Waals surface area contributed by atoms with Gasteiger partial charge < -0.3 is 9.47 Å². The van der Waals surface area contributed by atoms with Crippen LogP contribution in [0, 0.1) is 0 Å². The first-order valence-corrected chi connectivity index (χ1v) is 7.60. The molecule has 3 nitrogen and oxygen atoms in total. The normalized spacial score (nSPS) is 18.9. The smallest absolute Gasteiger partial charge is 0.304 e. The van der Waals surface area contributed by atoms with Crippen molar-refractivity contribution in [2.45, 2.75) is 76.1 Å². The minimum Gasteiger partial charge on any atom is -0.448 e. The van der Waals surface area contributed by atoms with Crippen LogP contribution in [0.15, 0.2) is 0 Å². The van der Waals surface area contributed by atoms with E-state index in [9.17, 15) is 4.79 Å². The van der Waals surface area contributed by atoms with E-state index in [1.165, 1.54) is 18.7 Å². The van der Waals surface area contributed by atoms with E-state index >= 15 is 0 Å². The van der Waals surface area contributed by atoms with Crippen LogP contribution in [0.5, 0.6) is 0 Å². The first-order valence-electron chi connectivity index (χ1n) is 6.27. The monoisotopic (exact) mass is 294 g/mol. The van der Waals surface area contributed by atoms with Gasteiger partial charge in [0.25, 0.3) is 0 Å². The van der Waals surface area contributed by atoms with Gasteiger partial charge in [-0.3, -0.25) is 4.79 Å². The van der Waals surface area contributed by atoms with Crippen molar-refractivity contribution in [2.75, 3.05) is 0 Å². The van der Waals surface area contributed by atoms with Crippen LogP contribution in [-0.2, 0) is 14.3 Å². The second kappa shape index (κ2) is 7.06. The lowest BCUT2D eigenvalue weighted by Gasteiger charge is -2.37. The molecular weight excluding hydrogens is 268 g/mol. The van der Waals surface area contributed by atoms with Gasteiger partial charge in [0, 0.05) is 12.2 Å². The third-order valence-corrected chi connectivity index (χ3v) is 4.42. The van der Waals surface area contributed by atoms with E-state index in [2.05, 4.69) is 12.6 Å². The summed E-state index contributed by atoms with van der Waals surface area (Å²) in [5.74, 6) is -0.265. The molecule has 0 saturated heterocycles. The molecule has 3 unspecified atom stereocenters. The fourth-order valence-electron chi connectivity index (χ4n) is 1.56. The highest BCUT2D eigenvalue weighted by molar-refractivity contribution is 8.01. The number of carbonyl (C=O) groups excluding carboxylic acids is 1. The zero-order valence-electron chi connectivity index (χ0n) is 12.4. The van der Waals surface area contributed by atoms with Crippen LogP contribution >= 0.6 is 24.4 Å². The predicted molar refractivity (Wildman–Crippen MR) is 81.1 cm³/mol. The topological polar surface area (TPSA) is 35.5 Å². The minimum atomic E-state index is -0.561. The minimum absolute atomic E-state index is 0.0364. The van der Waals surface area contributed by atoms with Gasteiger partial charge >= 0.3 is 5.97 Å². The quantitative estimate of drug-likeness (QED) is 0.439. The van der Waals surface area contributed by atoms with Crippen molar-refractivity contribution < 1.29 is 14.3 Å². The summed E-state index contributed by atoms with van der Waals surface area (Å²) in [5, 5.41) is 0.159. The third-order valence-electron chi connectivity index (χ3n) is 2.61. The molecule has 0 bridgehead atoms. The van der Waals surface area contributed by atoms with Gasteiger partial charge in [-0.25, -0.2) is 0 Å². The molecule has 0 aromatic carbocycles. The summed E-state index contributed by atoms with van der Waals surface area (Å²) in [6.45, 7) is 13.3. The summed E-state index contributed by atoms with van der Waals surface area (Å²) in [6, 6.07) is 0. The van der Waals surface area contributed by atoms with E-state index in [1.54, 1.807) is 0 Å². The van der Waals surface area contributed by atoms with Crippen LogP contribution in [0.3, 0.4) is 0 Å². The Morgan fingerprint density at radius 2 is 1.83 bits per heavy atom. The molecule has 0 fully saturated rings. The molecule has 5 heteroatoms. The molecule has 0 aliphatic heterocycles. The number of carbonyl (C=O) groups is 1. The van der Waals surface area contributed by atoms with Crippen LogP contribution in [0.25, 0.3) is 0 Å². The predicted octanol–water partition coefficient (Wildman–Crippen LogP) is 3.87. The molecule has 0 spiro atoms. The van der Waals surface area contributed by atoms with Crippen LogP contribution in [0.4, 0.5) is 0 Å². The SMILES string of the molecule is CCC(C)(OC(C)=O)SC(C)(C)OC(C)C(C)S. The van der Waals surface area contributed by atoms with Gasteiger partial charge in [0.05, 0.1) is 6.10 Å². The van der Waals surface area contributed by atoms with Gasteiger partial charge in [0.2, 0.25) is 0 Å². The Kier molecular flexibility index (Phi) is 7.11. The highest BCUT2D eigenvalue weighted by Crippen LogP contribution is 2.41. The van der Waals surface area contributed by atoms with E-state index in [-0.39, 0.29) is 17.3 Å². The molecular formula is C13H26O3S2.